The van der Waals surface area contributed by atoms with Crippen molar-refractivity contribution in [1.29, 1.82) is 0 Å². The van der Waals surface area contributed by atoms with E-state index in [-0.39, 0.29) is 0 Å². The smallest absolute Gasteiger partial charge is 0.119 e. The molecule has 4 aromatic rings. The van der Waals surface area contributed by atoms with Gasteiger partial charge in [-0.2, -0.15) is 5.10 Å². The Bertz CT molecular complexity index is 1180. The molecule has 6 heteroatoms. The van der Waals surface area contributed by atoms with Gasteiger partial charge < -0.3 is 5.11 Å². The van der Waals surface area contributed by atoms with Gasteiger partial charge in [0.2, 0.25) is 0 Å². The number of rotatable bonds is 3. The first-order valence-electron chi connectivity index (χ1n) is 9.99. The van der Waals surface area contributed by atoms with E-state index in [0.717, 1.165) is 48.1 Å². The van der Waals surface area contributed by atoms with E-state index >= 15 is 0 Å². The van der Waals surface area contributed by atoms with Gasteiger partial charge in [-0.3, -0.25) is 9.58 Å². The van der Waals surface area contributed by atoms with Gasteiger partial charge in [-0.1, -0.05) is 12.1 Å². The zero-order valence-corrected chi connectivity index (χ0v) is 17.5. The zero-order chi connectivity index (χ0) is 20.0. The highest BCUT2D eigenvalue weighted by Gasteiger charge is 2.22. The minimum absolute atomic E-state index is 0.315. The average Bonchev–Trinajstić information content (AvgIpc) is 3.31. The van der Waals surface area contributed by atoms with Gasteiger partial charge in [-0.15, -0.1) is 11.3 Å². The van der Waals surface area contributed by atoms with Crippen LogP contribution in [0.4, 0.5) is 0 Å². The third-order valence-corrected chi connectivity index (χ3v) is 6.87. The molecule has 0 saturated heterocycles. The van der Waals surface area contributed by atoms with Crippen molar-refractivity contribution in [1.82, 2.24) is 19.7 Å². The zero-order valence-electron chi connectivity index (χ0n) is 16.7. The van der Waals surface area contributed by atoms with Gasteiger partial charge in [0.15, 0.2) is 0 Å². The number of hydrogen-bond acceptors (Lipinski definition) is 5. The second-order valence-corrected chi connectivity index (χ2v) is 8.71. The van der Waals surface area contributed by atoms with Crippen molar-refractivity contribution in [2.75, 3.05) is 13.1 Å². The molecule has 1 aliphatic rings. The maximum Gasteiger partial charge on any atom is 0.119 e. The molecule has 0 aliphatic carbocycles. The first kappa shape index (κ1) is 18.3. The van der Waals surface area contributed by atoms with E-state index in [9.17, 15) is 5.11 Å². The van der Waals surface area contributed by atoms with Crippen LogP contribution in [0, 0.1) is 0 Å². The summed E-state index contributed by atoms with van der Waals surface area (Å²) in [4.78, 5) is 6.98. The van der Waals surface area contributed by atoms with Crippen LogP contribution in [0.2, 0.25) is 0 Å². The van der Waals surface area contributed by atoms with E-state index in [4.69, 9.17) is 0 Å². The lowest BCUT2D eigenvalue weighted by atomic mass is 9.97. The molecular weight excluding hydrogens is 380 g/mol. The summed E-state index contributed by atoms with van der Waals surface area (Å²) in [7, 11) is 1.91. The molecule has 1 aliphatic heterocycles. The number of phenols is 1. The maximum atomic E-state index is 10.7. The van der Waals surface area contributed by atoms with Crippen LogP contribution in [0.25, 0.3) is 21.3 Å². The highest BCUT2D eigenvalue weighted by molar-refractivity contribution is 7.16. The fourth-order valence-corrected chi connectivity index (χ4v) is 4.99. The summed E-state index contributed by atoms with van der Waals surface area (Å²) in [6.45, 7) is 4.17. The van der Waals surface area contributed by atoms with Crippen molar-refractivity contribution in [2.45, 2.75) is 25.8 Å². The van der Waals surface area contributed by atoms with E-state index in [1.807, 2.05) is 31.0 Å². The van der Waals surface area contributed by atoms with Crippen molar-refractivity contribution in [2.24, 2.45) is 7.05 Å². The lowest BCUT2D eigenvalue weighted by Crippen LogP contribution is -2.29. The Morgan fingerprint density at radius 2 is 1.97 bits per heavy atom. The number of aromatic hydroxyl groups is 1. The van der Waals surface area contributed by atoms with Crippen molar-refractivity contribution in [3.8, 4) is 16.9 Å². The molecule has 1 unspecified atom stereocenters. The molecule has 2 aromatic heterocycles. The summed E-state index contributed by atoms with van der Waals surface area (Å²) < 4.78 is 3.03. The molecule has 0 radical (unpaired) electrons. The van der Waals surface area contributed by atoms with E-state index in [0.29, 0.717) is 11.8 Å². The first-order valence-corrected chi connectivity index (χ1v) is 10.9. The molecular formula is C23H24N4OS. The lowest BCUT2D eigenvalue weighted by Gasteiger charge is -2.28. The summed E-state index contributed by atoms with van der Waals surface area (Å²) in [5.74, 6) is 0.403. The predicted molar refractivity (Wildman–Crippen MR) is 117 cm³/mol. The van der Waals surface area contributed by atoms with Crippen LogP contribution < -0.4 is 0 Å². The summed E-state index contributed by atoms with van der Waals surface area (Å²) >= 11 is 1.68. The van der Waals surface area contributed by atoms with Gasteiger partial charge in [0.1, 0.15) is 5.75 Å². The Balaban J connectivity index is 1.40. The van der Waals surface area contributed by atoms with Crippen LogP contribution in [-0.4, -0.2) is 37.9 Å². The van der Waals surface area contributed by atoms with Gasteiger partial charge in [0.25, 0.3) is 0 Å². The van der Waals surface area contributed by atoms with Crippen LogP contribution in [0.5, 0.6) is 5.75 Å². The van der Waals surface area contributed by atoms with Crippen molar-refractivity contribution < 1.29 is 5.11 Å². The monoisotopic (exact) mass is 404 g/mol. The Morgan fingerprint density at radius 1 is 1.10 bits per heavy atom. The summed E-state index contributed by atoms with van der Waals surface area (Å²) in [5.41, 5.74) is 8.69. The predicted octanol–water partition coefficient (Wildman–Crippen LogP) is 4.56. The number of aromatic nitrogens is 3. The molecule has 0 fully saturated rings. The van der Waals surface area contributed by atoms with Gasteiger partial charge in [0.05, 0.1) is 21.9 Å². The van der Waals surface area contributed by atoms with Gasteiger partial charge in [-0.25, -0.2) is 4.98 Å². The molecule has 0 saturated carbocycles. The molecule has 5 rings (SSSR count). The number of aryl methyl sites for hydroxylation is 1. The minimum atomic E-state index is 0.315. The summed E-state index contributed by atoms with van der Waals surface area (Å²) in [6, 6.07) is 11.0. The van der Waals surface area contributed by atoms with Gasteiger partial charge in [0, 0.05) is 37.9 Å². The first-order chi connectivity index (χ1) is 14.1. The van der Waals surface area contributed by atoms with Gasteiger partial charge >= 0.3 is 0 Å². The molecule has 0 spiro atoms. The van der Waals surface area contributed by atoms with E-state index in [1.165, 1.54) is 15.8 Å². The molecule has 148 valence electrons. The number of nitrogens with zero attached hydrogens (tertiary/aromatic N) is 4. The number of hydrogen-bond donors (Lipinski definition) is 1. The van der Waals surface area contributed by atoms with E-state index in [1.54, 1.807) is 16.0 Å². The fraction of sp³-hybridized carbons (Fsp3) is 0.304. The topological polar surface area (TPSA) is 54.2 Å². The average molecular weight is 405 g/mol. The van der Waals surface area contributed by atoms with Crippen molar-refractivity contribution in [3.05, 3.63) is 64.9 Å². The third kappa shape index (κ3) is 3.43. The van der Waals surface area contributed by atoms with E-state index < -0.39 is 0 Å². The van der Waals surface area contributed by atoms with Crippen molar-refractivity contribution >= 4 is 21.6 Å². The summed E-state index contributed by atoms with van der Waals surface area (Å²) in [6.07, 6.45) is 5.62. The van der Waals surface area contributed by atoms with Crippen LogP contribution in [0.3, 0.4) is 0 Å². The SMILES string of the molecule is CC(c1ccc2scnc2c1)N1CCc2cc(-c3cnn(C)c3)cc(O)c2CC1. The molecule has 1 N–H and O–H groups in total. The molecule has 5 nitrogen and oxygen atoms in total. The number of thiazole rings is 1. The molecule has 1 atom stereocenters. The molecule has 3 heterocycles. The number of fused-ring (bicyclic) bond motifs is 2. The highest BCUT2D eigenvalue weighted by Crippen LogP contribution is 2.34. The Morgan fingerprint density at radius 3 is 2.79 bits per heavy atom. The maximum absolute atomic E-state index is 10.7. The molecule has 0 amide bonds. The molecule has 0 bridgehead atoms. The molecule has 29 heavy (non-hydrogen) atoms. The highest BCUT2D eigenvalue weighted by atomic mass is 32.1. The minimum Gasteiger partial charge on any atom is -0.508 e. The Labute approximate surface area is 174 Å². The third-order valence-electron chi connectivity index (χ3n) is 6.06. The normalized spacial score (nSPS) is 15.9. The number of phenolic OH excluding ortho intramolecular Hbond substituents is 1. The second kappa shape index (κ2) is 7.28. The lowest BCUT2D eigenvalue weighted by molar-refractivity contribution is 0.221. The second-order valence-electron chi connectivity index (χ2n) is 7.83. The fourth-order valence-electron chi connectivity index (χ4n) is 4.33. The van der Waals surface area contributed by atoms with Crippen molar-refractivity contribution in [3.63, 3.8) is 0 Å². The quantitative estimate of drug-likeness (QED) is 0.544. The standard InChI is InChI=1S/C23H24N4OS/c1-15(16-3-4-23-21(10-16)24-14-29-23)27-7-5-17-9-18(19-12-25-26(2)13-19)11-22(28)20(17)6-8-27/h3-4,9-15,28H,5-8H2,1-2H3. The van der Waals surface area contributed by atoms with E-state index in [2.05, 4.69) is 46.2 Å². The van der Waals surface area contributed by atoms with Crippen LogP contribution in [0.15, 0.2) is 48.2 Å². The Kier molecular flexibility index (Phi) is 4.60. The van der Waals surface area contributed by atoms with Crippen LogP contribution >= 0.6 is 11.3 Å². The number of benzene rings is 2. The Hall–Kier alpha value is -2.70. The summed E-state index contributed by atoms with van der Waals surface area (Å²) in [5, 5.41) is 15.0. The molecule has 2 aromatic carbocycles. The van der Waals surface area contributed by atoms with Gasteiger partial charge in [-0.05, 0) is 60.2 Å². The van der Waals surface area contributed by atoms with Crippen LogP contribution in [0.1, 0.15) is 29.7 Å². The van der Waals surface area contributed by atoms with Crippen LogP contribution in [-0.2, 0) is 19.9 Å². The largest absolute Gasteiger partial charge is 0.508 e.